The molecule has 2 aliphatic heterocycles. The number of carbonyl (C=O) groups excluding carboxylic acids is 2. The van der Waals surface area contributed by atoms with Gasteiger partial charge in [0.2, 0.25) is 0 Å². The van der Waals surface area contributed by atoms with Crippen molar-refractivity contribution in [2.24, 2.45) is 0 Å². The number of amides is 2. The van der Waals surface area contributed by atoms with Gasteiger partial charge >= 0.3 is 12.2 Å². The molecule has 0 unspecified atom stereocenters. The van der Waals surface area contributed by atoms with Crippen molar-refractivity contribution in [3.8, 4) is 0 Å². The Bertz CT molecular complexity index is 1780. The minimum absolute atomic E-state index is 0.188. The fraction of sp³-hybridized carbons (Fsp3) is 0.744. The van der Waals surface area contributed by atoms with E-state index < -0.39 is 34.5 Å². The number of aromatic nitrogens is 4. The van der Waals surface area contributed by atoms with Crippen molar-refractivity contribution in [1.29, 1.82) is 0 Å². The smallest absolute Gasteiger partial charge is 0.410 e. The molecule has 2 saturated heterocycles. The van der Waals surface area contributed by atoms with Crippen molar-refractivity contribution in [1.82, 2.24) is 29.3 Å². The van der Waals surface area contributed by atoms with Gasteiger partial charge in [-0.05, 0) is 85.5 Å². The van der Waals surface area contributed by atoms with Crippen molar-refractivity contribution >= 4 is 83.4 Å². The van der Waals surface area contributed by atoms with E-state index in [4.69, 9.17) is 31.9 Å². The van der Waals surface area contributed by atoms with Crippen LogP contribution in [0.25, 0.3) is 0 Å². The number of nitrogens with one attached hydrogen (secondary N) is 1. The molecule has 2 aliphatic rings. The zero-order valence-corrected chi connectivity index (χ0v) is 44.1. The predicted octanol–water partition coefficient (Wildman–Crippen LogP) is 8.09. The summed E-state index contributed by atoms with van der Waals surface area (Å²) in [6.07, 6.45) is 2.51. The van der Waals surface area contributed by atoms with Gasteiger partial charge in [0.15, 0.2) is 11.6 Å². The van der Waals surface area contributed by atoms with Crippen LogP contribution >= 0.6 is 43.5 Å². The molecule has 0 radical (unpaired) electrons. The van der Waals surface area contributed by atoms with Gasteiger partial charge in [-0.1, -0.05) is 50.9 Å². The number of piperazine rings is 2. The minimum atomic E-state index is -1.17. The second-order valence-corrected chi connectivity index (χ2v) is 31.7. The Morgan fingerprint density at radius 3 is 1.59 bits per heavy atom. The monoisotopic (exact) mass is 1050 g/mol. The molecular weight excluding hydrogens is 979 g/mol. The second-order valence-electron chi connectivity index (χ2n) is 18.6. The highest BCUT2D eigenvalue weighted by Gasteiger charge is 2.29. The van der Waals surface area contributed by atoms with E-state index in [1.54, 1.807) is 16.0 Å². The van der Waals surface area contributed by atoms with E-state index in [9.17, 15) is 23.6 Å². The van der Waals surface area contributed by atoms with Crippen molar-refractivity contribution in [2.75, 3.05) is 88.6 Å². The van der Waals surface area contributed by atoms with Crippen LogP contribution in [0.15, 0.2) is 31.2 Å². The first kappa shape index (κ1) is 54.6. The van der Waals surface area contributed by atoms with E-state index in [0.29, 0.717) is 85.9 Å². The van der Waals surface area contributed by atoms with E-state index in [1.165, 1.54) is 16.8 Å². The third kappa shape index (κ3) is 23.6. The van der Waals surface area contributed by atoms with Gasteiger partial charge in [-0.25, -0.2) is 19.6 Å². The van der Waals surface area contributed by atoms with Crippen LogP contribution in [-0.2, 0) is 25.7 Å². The van der Waals surface area contributed by atoms with Gasteiger partial charge in [0, 0.05) is 94.1 Å². The highest BCUT2D eigenvalue weighted by atomic mass is 79.9. The molecule has 0 spiro atoms. The molecule has 2 amide bonds. The standard InChI is InChI=1S/C19H33BrN4O4Si.C13H19BrN4O3.C6H15ClOSi.CH3F/c1-19(2,3)28-18(26)23-9-7-22(8-10-23)16-17(25)24(13-15(20)21-16)14-27-11-12-29(4,5)6;1-13(2,3)21-12(20)18-6-4-17(5-7-18)10-11(19)15-8-9(14)16-10;1-9(2,3)5-4-8-6-7;1-2/h13H,7-12,14H2,1-6H3;8H,4-7H2,1-3H3,(H,15,19);4-6H2,1-3H3;1H3/i;;;1D. The Morgan fingerprint density at radius 2 is 1.18 bits per heavy atom. The number of nitrogens with zero attached hydrogens (tertiary/aromatic N) is 7. The molecule has 4 rings (SSSR count). The molecule has 2 fully saturated rings. The average Bonchev–Trinajstić information content (AvgIpc) is 3.14. The molecule has 0 bridgehead atoms. The Morgan fingerprint density at radius 1 is 0.770 bits per heavy atom. The molecule has 1 N–H and O–H groups in total. The lowest BCUT2D eigenvalue weighted by atomic mass is 10.2. The van der Waals surface area contributed by atoms with Crippen molar-refractivity contribution < 1.29 is 34.3 Å². The lowest BCUT2D eigenvalue weighted by molar-refractivity contribution is 0.0230. The van der Waals surface area contributed by atoms with Crippen LogP contribution in [0.5, 0.6) is 0 Å². The summed E-state index contributed by atoms with van der Waals surface area (Å²) in [5.41, 5.74) is -1.45. The van der Waals surface area contributed by atoms with Crippen LogP contribution in [0, 0.1) is 0 Å². The fourth-order valence-electron chi connectivity index (χ4n) is 5.21. The van der Waals surface area contributed by atoms with Crippen LogP contribution in [-0.4, -0.2) is 148 Å². The molecule has 350 valence electrons. The maximum atomic E-state index is 12.9. The summed E-state index contributed by atoms with van der Waals surface area (Å²) in [5.74, 6) is 0.741. The van der Waals surface area contributed by atoms with Crippen LogP contribution < -0.4 is 20.9 Å². The molecule has 0 saturated carbocycles. The lowest BCUT2D eigenvalue weighted by Crippen LogP contribution is -2.51. The highest BCUT2D eigenvalue weighted by Crippen LogP contribution is 2.18. The van der Waals surface area contributed by atoms with Gasteiger partial charge in [-0.3, -0.25) is 18.5 Å². The Kier molecular flexibility index (Phi) is 23.5. The third-order valence-corrected chi connectivity index (χ3v) is 12.8. The summed E-state index contributed by atoms with van der Waals surface area (Å²) in [6.45, 7) is 30.7. The molecule has 0 aliphatic carbocycles. The van der Waals surface area contributed by atoms with Crippen LogP contribution in [0.1, 0.15) is 42.9 Å². The van der Waals surface area contributed by atoms with Crippen molar-refractivity contribution in [2.45, 2.75) is 111 Å². The van der Waals surface area contributed by atoms with Crippen LogP contribution in [0.4, 0.5) is 25.6 Å². The fourth-order valence-corrected chi connectivity index (χ4v) is 7.53. The van der Waals surface area contributed by atoms with Gasteiger partial charge in [0.1, 0.15) is 33.2 Å². The molecule has 0 atom stereocenters. The molecule has 2 aromatic heterocycles. The number of carbonyl (C=O) groups is 2. The molecular formula is C39H70Br2ClFN8O8Si2. The first-order chi connectivity index (χ1) is 28.6. The molecule has 16 nitrogen and oxygen atoms in total. The average molecular weight is 1050 g/mol. The number of H-pyrrole nitrogens is 1. The minimum Gasteiger partial charge on any atom is -0.444 e. The first-order valence-electron chi connectivity index (χ1n) is 20.8. The number of ether oxygens (including phenoxy) is 4. The Balaban J connectivity index is 0.000000505. The second kappa shape index (κ2) is 26.3. The van der Waals surface area contributed by atoms with Gasteiger partial charge < -0.3 is 43.5 Å². The summed E-state index contributed by atoms with van der Waals surface area (Å²) in [5, 5.41) is 0. The number of rotatable bonds is 11. The van der Waals surface area contributed by atoms with E-state index in [0.717, 1.165) is 12.7 Å². The normalized spacial score (nSPS) is 15.0. The number of aromatic amines is 1. The number of hydrogen-bond donors (Lipinski definition) is 1. The molecule has 22 heteroatoms. The van der Waals surface area contributed by atoms with Gasteiger partial charge in [-0.15, -0.1) is 0 Å². The summed E-state index contributed by atoms with van der Waals surface area (Å²) < 4.78 is 39.7. The molecule has 0 aromatic carbocycles. The highest BCUT2D eigenvalue weighted by molar-refractivity contribution is 9.10. The lowest BCUT2D eigenvalue weighted by Gasteiger charge is -2.35. The number of alkyl halides is 2. The first-order valence-corrected chi connectivity index (χ1v) is 29.7. The quantitative estimate of drug-likeness (QED) is 0.131. The summed E-state index contributed by atoms with van der Waals surface area (Å²) in [4.78, 5) is 67.1. The Labute approximate surface area is 386 Å². The summed E-state index contributed by atoms with van der Waals surface area (Å²) in [7, 11) is -3.05. The maximum Gasteiger partial charge on any atom is 0.410 e. The summed E-state index contributed by atoms with van der Waals surface area (Å²) in [6, 6.07) is 2.59. The van der Waals surface area contributed by atoms with Crippen molar-refractivity contribution in [3.63, 3.8) is 0 Å². The predicted molar refractivity (Wildman–Crippen MR) is 255 cm³/mol. The van der Waals surface area contributed by atoms with E-state index in [-0.39, 0.29) is 30.0 Å². The maximum absolute atomic E-state index is 12.9. The van der Waals surface area contributed by atoms with Crippen molar-refractivity contribution in [3.05, 3.63) is 42.3 Å². The summed E-state index contributed by atoms with van der Waals surface area (Å²) >= 11 is 12.0. The van der Waals surface area contributed by atoms with Crippen LogP contribution in [0.2, 0.25) is 51.4 Å². The number of anilines is 2. The van der Waals surface area contributed by atoms with Gasteiger partial charge in [0.05, 0.1) is 8.52 Å². The van der Waals surface area contributed by atoms with Crippen LogP contribution in [0.3, 0.4) is 0 Å². The Hall–Kier alpha value is -2.57. The van der Waals surface area contributed by atoms with Gasteiger partial charge in [0.25, 0.3) is 11.1 Å². The number of halogens is 4. The topological polar surface area (TPSA) is 165 Å². The largest absolute Gasteiger partial charge is 0.444 e. The van der Waals surface area contributed by atoms with E-state index >= 15 is 0 Å². The number of hydrogen-bond acceptors (Lipinski definition) is 12. The zero-order valence-electron chi connectivity index (χ0n) is 39.2. The van der Waals surface area contributed by atoms with E-state index in [1.807, 2.05) is 51.3 Å². The third-order valence-electron chi connectivity index (χ3n) is 8.43. The SMILES string of the molecule is CC(C)(C)OC(=O)N1CCN(c2nc(Br)c[nH]c2=O)CC1.CC(C)(C)OC(=O)N1CCN(c2nc(Br)cn(COCC[Si](C)(C)C)c2=O)CC1.C[Si](C)(C)CCOCCl.[2H]CF. The zero-order chi connectivity index (χ0) is 47.5. The van der Waals surface area contributed by atoms with E-state index in [2.05, 4.69) is 86.1 Å². The van der Waals surface area contributed by atoms with Gasteiger partial charge in [-0.2, -0.15) is 0 Å². The molecule has 2 aromatic rings. The molecule has 61 heavy (non-hydrogen) atoms. The molecule has 4 heterocycles.